The Morgan fingerprint density at radius 2 is 1.53 bits per heavy atom. The molecule has 1 aliphatic rings. The minimum Gasteiger partial charge on any atom is -0.0871 e. The number of hydrogen-bond acceptors (Lipinski definition) is 0. The molecule has 0 aromatic carbocycles. The lowest BCUT2D eigenvalue weighted by atomic mass is 9.97. The lowest BCUT2D eigenvalue weighted by Crippen LogP contribution is -2.24. The van der Waals surface area contributed by atoms with Crippen LogP contribution < -0.4 is 0 Å². The summed E-state index contributed by atoms with van der Waals surface area (Å²) >= 11 is 0. The molecule has 0 bridgehead atoms. The second kappa shape index (κ2) is 6.58. The summed E-state index contributed by atoms with van der Waals surface area (Å²) in [5.41, 5.74) is 6.20. The first-order valence-electron chi connectivity index (χ1n) is 7.51. The summed E-state index contributed by atoms with van der Waals surface area (Å²) in [4.78, 5) is 0. The largest absolute Gasteiger partial charge is 0.0996 e. The lowest BCUT2D eigenvalue weighted by Gasteiger charge is -2.19. The van der Waals surface area contributed by atoms with Gasteiger partial charge >= 0.3 is 0 Å². The zero-order valence-electron chi connectivity index (χ0n) is 12.5. The van der Waals surface area contributed by atoms with Gasteiger partial charge in [0.15, 0.2) is 0 Å². The van der Waals surface area contributed by atoms with Gasteiger partial charge in [-0.1, -0.05) is 69.6 Å². The smallest absolute Gasteiger partial charge is 0.0871 e. The van der Waals surface area contributed by atoms with Crippen LogP contribution in [0.15, 0.2) is 22.0 Å². The third-order valence-electron chi connectivity index (χ3n) is 3.86. The molecule has 1 aliphatic heterocycles. The molecule has 98 valence electrons. The highest BCUT2D eigenvalue weighted by molar-refractivity contribution is 6.89. The van der Waals surface area contributed by atoms with Gasteiger partial charge in [-0.3, -0.25) is 0 Å². The third-order valence-corrected chi connectivity index (χ3v) is 7.04. The molecule has 0 unspecified atom stereocenters. The van der Waals surface area contributed by atoms with Gasteiger partial charge in [-0.15, -0.1) is 0 Å². The van der Waals surface area contributed by atoms with Crippen molar-refractivity contribution in [2.75, 3.05) is 0 Å². The minimum atomic E-state index is -1.19. The molecule has 0 atom stereocenters. The molecular formula is C16H30Si. The molecule has 0 aliphatic carbocycles. The van der Waals surface area contributed by atoms with E-state index in [1.54, 1.807) is 11.1 Å². The van der Waals surface area contributed by atoms with Crippen LogP contribution >= 0.6 is 0 Å². The van der Waals surface area contributed by atoms with E-state index in [4.69, 9.17) is 0 Å². The summed E-state index contributed by atoms with van der Waals surface area (Å²) in [5, 5.41) is 1.87. The molecule has 0 amide bonds. The number of rotatable bonds is 7. The van der Waals surface area contributed by atoms with Gasteiger partial charge in [0, 0.05) is 0 Å². The summed E-state index contributed by atoms with van der Waals surface area (Å²) in [7, 11) is -1.19. The molecule has 0 saturated heterocycles. The van der Waals surface area contributed by atoms with E-state index in [1.807, 2.05) is 5.20 Å². The van der Waals surface area contributed by atoms with Crippen molar-refractivity contribution in [3.05, 3.63) is 22.0 Å². The van der Waals surface area contributed by atoms with Crippen molar-refractivity contribution < 1.29 is 0 Å². The highest BCUT2D eigenvalue weighted by atomic mass is 28.3. The SMILES string of the molecule is CCCCC1=C[Si](C)(C)C(CCC)=C1CCC. The maximum Gasteiger partial charge on any atom is 0.0996 e. The zero-order chi connectivity index (χ0) is 12.9. The Labute approximate surface area is 109 Å². The van der Waals surface area contributed by atoms with Crippen molar-refractivity contribution >= 4 is 8.07 Å². The summed E-state index contributed by atoms with van der Waals surface area (Å²) < 4.78 is 0. The third kappa shape index (κ3) is 3.58. The van der Waals surface area contributed by atoms with Crippen LogP contribution in [0.3, 0.4) is 0 Å². The summed E-state index contributed by atoms with van der Waals surface area (Å²) in [6.45, 7) is 12.0. The van der Waals surface area contributed by atoms with Crippen LogP contribution in [0, 0.1) is 0 Å². The fourth-order valence-electron chi connectivity index (χ4n) is 3.07. The predicted octanol–water partition coefficient (Wildman–Crippen LogP) is 5.80. The fraction of sp³-hybridized carbons (Fsp3) is 0.750. The van der Waals surface area contributed by atoms with Crippen molar-refractivity contribution in [1.82, 2.24) is 0 Å². The van der Waals surface area contributed by atoms with Crippen molar-refractivity contribution in [2.45, 2.75) is 78.8 Å². The molecule has 1 rings (SSSR count). The molecule has 0 saturated carbocycles. The normalized spacial score (nSPS) is 18.8. The fourth-order valence-corrected chi connectivity index (χ4v) is 6.39. The molecule has 0 radical (unpaired) electrons. The van der Waals surface area contributed by atoms with Gasteiger partial charge < -0.3 is 0 Å². The lowest BCUT2D eigenvalue weighted by molar-refractivity contribution is 0.774. The molecule has 0 aromatic heterocycles. The molecule has 1 heteroatoms. The highest BCUT2D eigenvalue weighted by Crippen LogP contribution is 2.39. The summed E-state index contributed by atoms with van der Waals surface area (Å²) in [6, 6.07) is 0. The van der Waals surface area contributed by atoms with Crippen molar-refractivity contribution in [3.63, 3.8) is 0 Å². The van der Waals surface area contributed by atoms with E-state index in [0.29, 0.717) is 0 Å². The maximum absolute atomic E-state index is 2.69. The molecule has 0 nitrogen and oxygen atoms in total. The topological polar surface area (TPSA) is 0 Å². The van der Waals surface area contributed by atoms with E-state index in [9.17, 15) is 0 Å². The van der Waals surface area contributed by atoms with Gasteiger partial charge in [-0.2, -0.15) is 0 Å². The molecule has 0 spiro atoms. The molecule has 0 N–H and O–H groups in total. The van der Waals surface area contributed by atoms with E-state index < -0.39 is 8.07 Å². The van der Waals surface area contributed by atoms with Crippen molar-refractivity contribution in [2.24, 2.45) is 0 Å². The van der Waals surface area contributed by atoms with E-state index >= 15 is 0 Å². The average molecular weight is 251 g/mol. The monoisotopic (exact) mass is 250 g/mol. The van der Waals surface area contributed by atoms with Crippen LogP contribution in [-0.2, 0) is 0 Å². The molecular weight excluding hydrogens is 220 g/mol. The summed E-state index contributed by atoms with van der Waals surface area (Å²) in [5.74, 6) is 0. The van der Waals surface area contributed by atoms with Gasteiger partial charge in [0.25, 0.3) is 0 Å². The second-order valence-corrected chi connectivity index (χ2v) is 10.3. The number of hydrogen-bond donors (Lipinski definition) is 0. The van der Waals surface area contributed by atoms with Crippen LogP contribution in [0.4, 0.5) is 0 Å². The van der Waals surface area contributed by atoms with Crippen LogP contribution in [-0.4, -0.2) is 8.07 Å². The van der Waals surface area contributed by atoms with Gasteiger partial charge in [-0.25, -0.2) is 0 Å². The maximum atomic E-state index is 2.69. The van der Waals surface area contributed by atoms with Crippen molar-refractivity contribution in [3.8, 4) is 0 Å². The number of unbranched alkanes of at least 4 members (excludes halogenated alkanes) is 1. The number of allylic oxidation sites excluding steroid dienone is 3. The van der Waals surface area contributed by atoms with E-state index in [-0.39, 0.29) is 0 Å². The molecule has 17 heavy (non-hydrogen) atoms. The highest BCUT2D eigenvalue weighted by Gasteiger charge is 2.32. The minimum absolute atomic E-state index is 1.19. The van der Waals surface area contributed by atoms with Gasteiger partial charge in [0.1, 0.15) is 0 Å². The zero-order valence-corrected chi connectivity index (χ0v) is 13.5. The van der Waals surface area contributed by atoms with Crippen LogP contribution in [0.5, 0.6) is 0 Å². The Balaban J connectivity index is 2.95. The second-order valence-electron chi connectivity index (χ2n) is 5.95. The Hall–Kier alpha value is -0.303. The Kier molecular flexibility index (Phi) is 5.71. The Bertz CT molecular complexity index is 307. The van der Waals surface area contributed by atoms with Crippen LogP contribution in [0.2, 0.25) is 13.1 Å². The average Bonchev–Trinajstić information content (AvgIpc) is 2.51. The first kappa shape index (κ1) is 14.8. The van der Waals surface area contributed by atoms with E-state index in [0.717, 1.165) is 0 Å². The summed E-state index contributed by atoms with van der Waals surface area (Å²) in [6.07, 6.45) is 9.30. The van der Waals surface area contributed by atoms with Crippen LogP contribution in [0.1, 0.15) is 65.7 Å². The first-order chi connectivity index (χ1) is 8.06. The van der Waals surface area contributed by atoms with Gasteiger partial charge in [-0.05, 0) is 31.3 Å². The Morgan fingerprint density at radius 1 is 0.882 bits per heavy atom. The van der Waals surface area contributed by atoms with Crippen LogP contribution in [0.25, 0.3) is 0 Å². The molecule has 0 aromatic rings. The van der Waals surface area contributed by atoms with Gasteiger partial charge in [0.05, 0.1) is 8.07 Å². The molecule has 1 heterocycles. The van der Waals surface area contributed by atoms with E-state index in [1.165, 1.54) is 44.9 Å². The first-order valence-corrected chi connectivity index (χ1v) is 10.6. The van der Waals surface area contributed by atoms with Gasteiger partial charge in [0.2, 0.25) is 0 Å². The standard InChI is InChI=1S/C16H30Si/c1-6-9-12-14-13-17(4,5)16(11-8-3)15(14)10-7-2/h13H,6-12H2,1-5H3. The quantitative estimate of drug-likeness (QED) is 0.501. The Morgan fingerprint density at radius 3 is 2.06 bits per heavy atom. The predicted molar refractivity (Wildman–Crippen MR) is 81.9 cm³/mol. The molecule has 0 fully saturated rings. The van der Waals surface area contributed by atoms with Crippen molar-refractivity contribution in [1.29, 1.82) is 0 Å². The van der Waals surface area contributed by atoms with E-state index in [2.05, 4.69) is 39.6 Å².